The standard InChI is InChI=1S/C15H15BrN2O2S/c16-10-4-5-12-11(8-10)15(21-7-6-13(19)20)18-14(17-12)9-2-1-3-9/h4-5,8-9H,1-3,6-7H2,(H,19,20). The van der Waals surface area contributed by atoms with E-state index in [0.717, 1.165) is 39.1 Å². The number of thioether (sulfide) groups is 1. The fraction of sp³-hybridized carbons (Fsp3) is 0.400. The van der Waals surface area contributed by atoms with Gasteiger partial charge in [0.05, 0.1) is 11.9 Å². The number of hydrogen-bond acceptors (Lipinski definition) is 4. The minimum absolute atomic E-state index is 0.142. The Balaban J connectivity index is 1.96. The van der Waals surface area contributed by atoms with Gasteiger partial charge in [0.1, 0.15) is 10.9 Å². The lowest BCUT2D eigenvalue weighted by atomic mass is 9.85. The molecular formula is C15H15BrN2O2S. The first kappa shape index (κ1) is 14.8. The van der Waals surface area contributed by atoms with Crippen molar-refractivity contribution in [1.29, 1.82) is 0 Å². The number of carboxylic acids is 1. The lowest BCUT2D eigenvalue weighted by molar-refractivity contribution is -0.136. The molecule has 1 saturated carbocycles. The van der Waals surface area contributed by atoms with Gasteiger partial charge in [0, 0.05) is 21.5 Å². The normalized spacial score (nSPS) is 15.1. The van der Waals surface area contributed by atoms with Gasteiger partial charge in [-0.25, -0.2) is 9.97 Å². The molecule has 1 aromatic carbocycles. The van der Waals surface area contributed by atoms with E-state index >= 15 is 0 Å². The number of aliphatic carboxylic acids is 1. The number of carbonyl (C=O) groups is 1. The van der Waals surface area contributed by atoms with Gasteiger partial charge in [-0.05, 0) is 31.0 Å². The van der Waals surface area contributed by atoms with Gasteiger partial charge in [-0.3, -0.25) is 4.79 Å². The zero-order valence-electron chi connectivity index (χ0n) is 11.4. The second-order valence-corrected chi connectivity index (χ2v) is 7.17. The smallest absolute Gasteiger partial charge is 0.304 e. The van der Waals surface area contributed by atoms with E-state index in [1.54, 1.807) is 0 Å². The molecule has 0 atom stereocenters. The maximum Gasteiger partial charge on any atom is 0.304 e. The first-order valence-electron chi connectivity index (χ1n) is 6.95. The summed E-state index contributed by atoms with van der Waals surface area (Å²) in [5, 5.41) is 10.7. The summed E-state index contributed by atoms with van der Waals surface area (Å²) in [5.41, 5.74) is 0.938. The lowest BCUT2D eigenvalue weighted by Crippen LogP contribution is -2.13. The molecule has 0 radical (unpaired) electrons. The van der Waals surface area contributed by atoms with E-state index in [1.807, 2.05) is 18.2 Å². The molecule has 1 fully saturated rings. The average molecular weight is 367 g/mol. The molecule has 0 bridgehead atoms. The quantitative estimate of drug-likeness (QED) is 0.633. The molecule has 0 aliphatic heterocycles. The van der Waals surface area contributed by atoms with Gasteiger partial charge in [0.25, 0.3) is 0 Å². The molecule has 1 aromatic heterocycles. The van der Waals surface area contributed by atoms with Crippen LogP contribution in [0.15, 0.2) is 27.7 Å². The molecule has 0 saturated heterocycles. The molecule has 1 aliphatic carbocycles. The van der Waals surface area contributed by atoms with Crippen LogP contribution >= 0.6 is 27.7 Å². The van der Waals surface area contributed by atoms with E-state index in [9.17, 15) is 4.79 Å². The van der Waals surface area contributed by atoms with Gasteiger partial charge in [0.2, 0.25) is 0 Å². The summed E-state index contributed by atoms with van der Waals surface area (Å²) in [6.45, 7) is 0. The Labute approximate surface area is 135 Å². The second kappa shape index (κ2) is 6.32. The van der Waals surface area contributed by atoms with Crippen molar-refractivity contribution in [3.05, 3.63) is 28.5 Å². The summed E-state index contributed by atoms with van der Waals surface area (Å²) >= 11 is 4.97. The predicted octanol–water partition coefficient (Wildman–Crippen LogP) is 4.23. The van der Waals surface area contributed by atoms with Crippen LogP contribution in [0.4, 0.5) is 0 Å². The number of aromatic nitrogens is 2. The summed E-state index contributed by atoms with van der Waals surface area (Å²) in [7, 11) is 0. The van der Waals surface area contributed by atoms with E-state index in [2.05, 4.69) is 20.9 Å². The van der Waals surface area contributed by atoms with Crippen LogP contribution in [0.1, 0.15) is 37.4 Å². The van der Waals surface area contributed by atoms with Crippen molar-refractivity contribution >= 4 is 44.6 Å². The minimum Gasteiger partial charge on any atom is -0.481 e. The van der Waals surface area contributed by atoms with Crippen molar-refractivity contribution < 1.29 is 9.90 Å². The van der Waals surface area contributed by atoms with Crippen molar-refractivity contribution in [2.45, 2.75) is 36.6 Å². The van der Waals surface area contributed by atoms with Crippen molar-refractivity contribution in [2.75, 3.05) is 5.75 Å². The Morgan fingerprint density at radius 3 is 2.86 bits per heavy atom. The van der Waals surface area contributed by atoms with Gasteiger partial charge < -0.3 is 5.11 Å². The van der Waals surface area contributed by atoms with Gasteiger partial charge in [0.15, 0.2) is 0 Å². The number of hydrogen-bond donors (Lipinski definition) is 1. The Bertz CT molecular complexity index is 689. The minimum atomic E-state index is -0.777. The van der Waals surface area contributed by atoms with Crippen molar-refractivity contribution in [1.82, 2.24) is 9.97 Å². The third-order valence-electron chi connectivity index (χ3n) is 3.67. The average Bonchev–Trinajstić information content (AvgIpc) is 2.37. The number of fused-ring (bicyclic) bond motifs is 1. The highest BCUT2D eigenvalue weighted by Crippen LogP contribution is 2.37. The first-order chi connectivity index (χ1) is 10.1. The molecule has 1 aliphatic rings. The largest absolute Gasteiger partial charge is 0.481 e. The molecular weight excluding hydrogens is 352 g/mol. The van der Waals surface area contributed by atoms with E-state index in [0.29, 0.717) is 11.7 Å². The Kier molecular flexibility index (Phi) is 4.45. The second-order valence-electron chi connectivity index (χ2n) is 5.17. The monoisotopic (exact) mass is 366 g/mol. The van der Waals surface area contributed by atoms with E-state index in [-0.39, 0.29) is 6.42 Å². The molecule has 1 heterocycles. The molecule has 4 nitrogen and oxygen atoms in total. The fourth-order valence-electron chi connectivity index (χ4n) is 2.28. The third kappa shape index (κ3) is 3.37. The van der Waals surface area contributed by atoms with E-state index in [1.165, 1.54) is 18.2 Å². The topological polar surface area (TPSA) is 63.1 Å². The van der Waals surface area contributed by atoms with Crippen molar-refractivity contribution in [2.24, 2.45) is 0 Å². The summed E-state index contributed by atoms with van der Waals surface area (Å²) in [6, 6.07) is 5.97. The molecule has 3 rings (SSSR count). The highest BCUT2D eigenvalue weighted by atomic mass is 79.9. The van der Waals surface area contributed by atoms with Crippen LogP contribution in [0, 0.1) is 0 Å². The molecule has 1 N–H and O–H groups in total. The van der Waals surface area contributed by atoms with Crippen LogP contribution < -0.4 is 0 Å². The van der Waals surface area contributed by atoms with Crippen LogP contribution in [0.3, 0.4) is 0 Å². The van der Waals surface area contributed by atoms with Crippen LogP contribution in [0.5, 0.6) is 0 Å². The number of halogens is 1. The zero-order valence-corrected chi connectivity index (χ0v) is 13.8. The van der Waals surface area contributed by atoms with Gasteiger partial charge in [-0.15, -0.1) is 11.8 Å². The number of benzene rings is 1. The Morgan fingerprint density at radius 1 is 1.38 bits per heavy atom. The van der Waals surface area contributed by atoms with Crippen LogP contribution in [0.2, 0.25) is 0 Å². The Hall–Kier alpha value is -1.14. The molecule has 110 valence electrons. The van der Waals surface area contributed by atoms with E-state index in [4.69, 9.17) is 10.1 Å². The molecule has 6 heteroatoms. The molecule has 21 heavy (non-hydrogen) atoms. The lowest BCUT2D eigenvalue weighted by Gasteiger charge is -2.24. The van der Waals surface area contributed by atoms with Gasteiger partial charge in [-0.2, -0.15) is 0 Å². The molecule has 2 aromatic rings. The predicted molar refractivity (Wildman–Crippen MR) is 86.8 cm³/mol. The van der Waals surface area contributed by atoms with Crippen LogP contribution in [0.25, 0.3) is 10.9 Å². The van der Waals surface area contributed by atoms with Gasteiger partial charge in [-0.1, -0.05) is 22.4 Å². The van der Waals surface area contributed by atoms with E-state index < -0.39 is 5.97 Å². The SMILES string of the molecule is O=C(O)CCSc1nc(C2CCC2)nc2ccc(Br)cc12. The summed E-state index contributed by atoms with van der Waals surface area (Å²) in [6.07, 6.45) is 3.69. The van der Waals surface area contributed by atoms with Crippen molar-refractivity contribution in [3.63, 3.8) is 0 Å². The van der Waals surface area contributed by atoms with Gasteiger partial charge >= 0.3 is 5.97 Å². The number of rotatable bonds is 5. The summed E-state index contributed by atoms with van der Waals surface area (Å²) in [4.78, 5) is 20.1. The zero-order chi connectivity index (χ0) is 14.8. The fourth-order valence-corrected chi connectivity index (χ4v) is 3.59. The highest BCUT2D eigenvalue weighted by molar-refractivity contribution is 9.10. The number of nitrogens with zero attached hydrogens (tertiary/aromatic N) is 2. The maximum absolute atomic E-state index is 10.7. The third-order valence-corrected chi connectivity index (χ3v) is 5.15. The summed E-state index contributed by atoms with van der Waals surface area (Å²) in [5.74, 6) is 1.13. The number of carboxylic acid groups (broad SMARTS) is 1. The van der Waals surface area contributed by atoms with Crippen LogP contribution in [-0.4, -0.2) is 26.8 Å². The first-order valence-corrected chi connectivity index (χ1v) is 8.73. The maximum atomic E-state index is 10.7. The molecule has 0 spiro atoms. The van der Waals surface area contributed by atoms with Crippen LogP contribution in [-0.2, 0) is 4.79 Å². The summed E-state index contributed by atoms with van der Waals surface area (Å²) < 4.78 is 0.982. The highest BCUT2D eigenvalue weighted by Gasteiger charge is 2.23. The molecule has 0 unspecified atom stereocenters. The Morgan fingerprint density at radius 2 is 2.19 bits per heavy atom. The van der Waals surface area contributed by atoms with Crippen molar-refractivity contribution in [3.8, 4) is 0 Å². The molecule has 0 amide bonds.